The van der Waals surface area contributed by atoms with E-state index in [-0.39, 0.29) is 11.3 Å². The van der Waals surface area contributed by atoms with Gasteiger partial charge >= 0.3 is 0 Å². The molecule has 2 aromatic carbocycles. The fraction of sp³-hybridized carbons (Fsp3) is 0.320. The summed E-state index contributed by atoms with van der Waals surface area (Å²) in [5.41, 5.74) is 4.18. The molecule has 0 fully saturated rings. The highest BCUT2D eigenvalue weighted by Gasteiger charge is 2.19. The van der Waals surface area contributed by atoms with Crippen molar-refractivity contribution in [2.75, 3.05) is 19.0 Å². The molecule has 0 N–H and O–H groups in total. The van der Waals surface area contributed by atoms with Gasteiger partial charge in [-0.2, -0.15) is 0 Å². The van der Waals surface area contributed by atoms with Gasteiger partial charge in [-0.05, 0) is 52.9 Å². The van der Waals surface area contributed by atoms with E-state index in [1.165, 1.54) is 5.56 Å². The first-order valence-electron chi connectivity index (χ1n) is 9.92. The Balaban J connectivity index is 1.83. The SMILES string of the molecule is CN(C)c1ccc(CN(Cc2ccco2)C(=O)c2ccc(C(C)(C)C)cc2)cc1. The second-order valence-electron chi connectivity index (χ2n) is 8.63. The van der Waals surface area contributed by atoms with Gasteiger partial charge in [-0.25, -0.2) is 0 Å². The van der Waals surface area contributed by atoms with Gasteiger partial charge in [-0.15, -0.1) is 0 Å². The van der Waals surface area contributed by atoms with Gasteiger partial charge in [0.1, 0.15) is 5.76 Å². The molecule has 1 amide bonds. The Morgan fingerprint density at radius 2 is 1.55 bits per heavy atom. The number of hydrogen-bond donors (Lipinski definition) is 0. The summed E-state index contributed by atoms with van der Waals surface area (Å²) in [6, 6.07) is 20.0. The molecule has 3 rings (SSSR count). The van der Waals surface area contributed by atoms with Crippen LogP contribution in [0.2, 0.25) is 0 Å². The van der Waals surface area contributed by atoms with Crippen LogP contribution < -0.4 is 4.90 Å². The minimum Gasteiger partial charge on any atom is -0.467 e. The van der Waals surface area contributed by atoms with Crippen LogP contribution in [-0.2, 0) is 18.5 Å². The lowest BCUT2D eigenvalue weighted by atomic mass is 9.86. The van der Waals surface area contributed by atoms with E-state index >= 15 is 0 Å². The maximum absolute atomic E-state index is 13.3. The molecule has 0 saturated heterocycles. The molecule has 29 heavy (non-hydrogen) atoms. The number of anilines is 1. The summed E-state index contributed by atoms with van der Waals surface area (Å²) in [4.78, 5) is 17.2. The third-order valence-electron chi connectivity index (χ3n) is 5.04. The molecule has 0 saturated carbocycles. The standard InChI is InChI=1S/C25H30N2O2/c1-25(2,3)21-12-10-20(11-13-21)24(28)27(18-23-7-6-16-29-23)17-19-8-14-22(15-9-19)26(4)5/h6-16H,17-18H2,1-5H3. The lowest BCUT2D eigenvalue weighted by molar-refractivity contribution is 0.0717. The Morgan fingerprint density at radius 3 is 2.07 bits per heavy atom. The summed E-state index contributed by atoms with van der Waals surface area (Å²) >= 11 is 0. The summed E-state index contributed by atoms with van der Waals surface area (Å²) < 4.78 is 5.50. The van der Waals surface area contributed by atoms with E-state index in [9.17, 15) is 4.79 Å². The van der Waals surface area contributed by atoms with Crippen molar-refractivity contribution in [3.05, 3.63) is 89.4 Å². The first kappa shape index (κ1) is 20.7. The zero-order valence-electron chi connectivity index (χ0n) is 18.0. The summed E-state index contributed by atoms with van der Waals surface area (Å²) in [7, 11) is 4.03. The van der Waals surface area contributed by atoms with Crippen molar-refractivity contribution in [2.24, 2.45) is 0 Å². The minimum absolute atomic E-state index is 0.00135. The highest BCUT2D eigenvalue weighted by atomic mass is 16.3. The largest absolute Gasteiger partial charge is 0.467 e. The maximum atomic E-state index is 13.3. The second kappa shape index (κ2) is 8.56. The highest BCUT2D eigenvalue weighted by molar-refractivity contribution is 5.94. The summed E-state index contributed by atoms with van der Waals surface area (Å²) in [5.74, 6) is 0.771. The fourth-order valence-corrected chi connectivity index (χ4v) is 3.21. The molecule has 1 heterocycles. The third kappa shape index (κ3) is 5.29. The molecular weight excluding hydrogens is 360 g/mol. The van der Waals surface area contributed by atoms with E-state index in [1.54, 1.807) is 6.26 Å². The maximum Gasteiger partial charge on any atom is 0.254 e. The second-order valence-corrected chi connectivity index (χ2v) is 8.63. The average Bonchev–Trinajstić information content (AvgIpc) is 3.20. The zero-order chi connectivity index (χ0) is 21.0. The van der Waals surface area contributed by atoms with E-state index in [4.69, 9.17) is 4.42 Å². The first-order valence-corrected chi connectivity index (χ1v) is 9.92. The van der Waals surface area contributed by atoms with E-state index in [0.717, 1.165) is 17.0 Å². The van der Waals surface area contributed by atoms with Gasteiger partial charge < -0.3 is 14.2 Å². The van der Waals surface area contributed by atoms with Gasteiger partial charge in [0.05, 0.1) is 12.8 Å². The van der Waals surface area contributed by atoms with Crippen LogP contribution in [0.1, 0.15) is 48.0 Å². The smallest absolute Gasteiger partial charge is 0.254 e. The van der Waals surface area contributed by atoms with E-state index in [2.05, 4.69) is 49.9 Å². The van der Waals surface area contributed by atoms with E-state index in [0.29, 0.717) is 18.7 Å². The van der Waals surface area contributed by atoms with Crippen molar-refractivity contribution in [1.29, 1.82) is 0 Å². The normalized spacial score (nSPS) is 11.3. The number of rotatable bonds is 6. The van der Waals surface area contributed by atoms with Crippen LogP contribution in [0.5, 0.6) is 0 Å². The Kier molecular flexibility index (Phi) is 6.12. The van der Waals surface area contributed by atoms with Crippen LogP contribution in [0.3, 0.4) is 0 Å². The Morgan fingerprint density at radius 1 is 0.897 bits per heavy atom. The van der Waals surface area contributed by atoms with Crippen molar-refractivity contribution >= 4 is 11.6 Å². The molecule has 4 heteroatoms. The molecule has 0 spiro atoms. The number of nitrogens with zero attached hydrogens (tertiary/aromatic N) is 2. The number of furan rings is 1. The quantitative estimate of drug-likeness (QED) is 0.559. The molecule has 0 aliphatic carbocycles. The molecule has 0 aliphatic heterocycles. The van der Waals surface area contributed by atoms with E-state index < -0.39 is 0 Å². The summed E-state index contributed by atoms with van der Waals surface area (Å²) in [5, 5.41) is 0. The molecule has 0 unspecified atom stereocenters. The summed E-state index contributed by atoms with van der Waals surface area (Å²) in [6.45, 7) is 7.47. The topological polar surface area (TPSA) is 36.7 Å². The molecule has 0 atom stereocenters. The molecule has 0 radical (unpaired) electrons. The Hall–Kier alpha value is -3.01. The lowest BCUT2D eigenvalue weighted by Crippen LogP contribution is -2.30. The van der Waals surface area contributed by atoms with Crippen LogP contribution in [0.25, 0.3) is 0 Å². The molecule has 152 valence electrons. The van der Waals surface area contributed by atoms with Crippen molar-refractivity contribution in [1.82, 2.24) is 4.90 Å². The highest BCUT2D eigenvalue weighted by Crippen LogP contribution is 2.23. The Labute approximate surface area is 173 Å². The lowest BCUT2D eigenvalue weighted by Gasteiger charge is -2.23. The van der Waals surface area contributed by atoms with Crippen LogP contribution in [-0.4, -0.2) is 24.9 Å². The molecule has 3 aromatic rings. The van der Waals surface area contributed by atoms with Crippen LogP contribution >= 0.6 is 0 Å². The number of amides is 1. The number of benzene rings is 2. The number of hydrogen-bond acceptors (Lipinski definition) is 3. The summed E-state index contributed by atoms with van der Waals surface area (Å²) in [6.07, 6.45) is 1.64. The van der Waals surface area contributed by atoms with Crippen LogP contribution in [0, 0.1) is 0 Å². The predicted molar refractivity (Wildman–Crippen MR) is 118 cm³/mol. The fourth-order valence-electron chi connectivity index (χ4n) is 3.21. The molecule has 4 nitrogen and oxygen atoms in total. The van der Waals surface area contributed by atoms with Gasteiger partial charge in [0, 0.05) is 31.9 Å². The van der Waals surface area contributed by atoms with Crippen LogP contribution in [0.15, 0.2) is 71.3 Å². The minimum atomic E-state index is -0.00135. The monoisotopic (exact) mass is 390 g/mol. The van der Waals surface area contributed by atoms with Crippen molar-refractivity contribution in [3.63, 3.8) is 0 Å². The van der Waals surface area contributed by atoms with E-state index in [1.807, 2.05) is 55.4 Å². The average molecular weight is 391 g/mol. The van der Waals surface area contributed by atoms with Crippen molar-refractivity contribution in [3.8, 4) is 0 Å². The molecule has 0 aliphatic rings. The van der Waals surface area contributed by atoms with Gasteiger partial charge in [0.25, 0.3) is 5.91 Å². The number of carbonyl (C=O) groups excluding carboxylic acids is 1. The molecule has 1 aromatic heterocycles. The van der Waals surface area contributed by atoms with Crippen LogP contribution in [0.4, 0.5) is 5.69 Å². The van der Waals surface area contributed by atoms with Crippen molar-refractivity contribution < 1.29 is 9.21 Å². The third-order valence-corrected chi connectivity index (χ3v) is 5.04. The predicted octanol–water partition coefficient (Wildman–Crippen LogP) is 5.49. The van der Waals surface area contributed by atoms with Crippen molar-refractivity contribution in [2.45, 2.75) is 39.3 Å². The number of carbonyl (C=O) groups is 1. The molecular formula is C25H30N2O2. The van der Waals surface area contributed by atoms with Gasteiger partial charge in [-0.1, -0.05) is 45.0 Å². The Bertz CT molecular complexity index is 918. The van der Waals surface area contributed by atoms with Gasteiger partial charge in [0.2, 0.25) is 0 Å². The zero-order valence-corrected chi connectivity index (χ0v) is 18.0. The molecule has 0 bridgehead atoms. The van der Waals surface area contributed by atoms with Gasteiger partial charge in [-0.3, -0.25) is 4.79 Å². The van der Waals surface area contributed by atoms with Gasteiger partial charge in [0.15, 0.2) is 0 Å². The first-order chi connectivity index (χ1) is 13.7.